The fraction of sp³-hybridized carbons (Fsp3) is 0.188. The third kappa shape index (κ3) is 10.4. The maximum atomic E-state index is 13.9. The molecular weight excluding hydrogens is 885 g/mol. The summed E-state index contributed by atoms with van der Waals surface area (Å²) in [6.45, 7) is 1.49. The number of benzene rings is 2. The second kappa shape index (κ2) is 19.7. The molecule has 2 amide bonds. The zero-order chi connectivity index (χ0) is 43.8. The summed E-state index contributed by atoms with van der Waals surface area (Å²) in [5.41, 5.74) is -2.20. The van der Waals surface area contributed by atoms with Crippen molar-refractivity contribution in [2.75, 3.05) is 25.2 Å². The Hall–Kier alpha value is -5.50. The van der Waals surface area contributed by atoms with Gasteiger partial charge in [-0.1, -0.05) is 10.1 Å². The van der Waals surface area contributed by atoms with Crippen molar-refractivity contribution >= 4 is 86.2 Å². The van der Waals surface area contributed by atoms with E-state index in [-0.39, 0.29) is 52.1 Å². The monoisotopic (exact) mass is 914 g/mol. The van der Waals surface area contributed by atoms with E-state index in [2.05, 4.69) is 33.9 Å². The first-order chi connectivity index (χ1) is 28.5. The summed E-state index contributed by atoms with van der Waals surface area (Å²) in [4.78, 5) is 43.7. The molecule has 0 bridgehead atoms. The van der Waals surface area contributed by atoms with Crippen molar-refractivity contribution in [1.29, 1.82) is 0 Å². The van der Waals surface area contributed by atoms with Gasteiger partial charge in [0.15, 0.2) is 12.1 Å². The number of amides is 2. The quantitative estimate of drug-likeness (QED) is 0.0149. The average Bonchev–Trinajstić information content (AvgIpc) is 3.88. The van der Waals surface area contributed by atoms with Crippen LogP contribution in [0.1, 0.15) is 35.8 Å². The van der Waals surface area contributed by atoms with Crippen LogP contribution in [0.5, 0.6) is 5.88 Å². The Morgan fingerprint density at radius 2 is 1.58 bits per heavy atom. The van der Waals surface area contributed by atoms with Gasteiger partial charge >= 0.3 is 5.97 Å². The number of rotatable bonds is 17. The fourth-order valence-corrected chi connectivity index (χ4v) is 7.54. The zero-order valence-electron chi connectivity index (χ0n) is 30.5. The average molecular weight is 915 g/mol. The number of carbonyl (C=O) groups excluding carboxylic acids is 3. The van der Waals surface area contributed by atoms with Crippen LogP contribution in [0.15, 0.2) is 95.6 Å². The van der Waals surface area contributed by atoms with Crippen molar-refractivity contribution in [3.8, 4) is 11.6 Å². The topological polar surface area (TPSA) is 325 Å². The Kier molecular flexibility index (Phi) is 15.0. The maximum Gasteiger partial charge on any atom is 0.359 e. The Morgan fingerprint density at radius 3 is 2.13 bits per heavy atom. The Labute approximate surface area is 347 Å². The Morgan fingerprint density at radius 1 is 0.967 bits per heavy atom. The van der Waals surface area contributed by atoms with Crippen LogP contribution in [0.25, 0.3) is 11.8 Å². The van der Waals surface area contributed by atoms with Gasteiger partial charge in [0.05, 0.1) is 47.6 Å². The lowest BCUT2D eigenvalue weighted by molar-refractivity contribution is -0.432. The van der Waals surface area contributed by atoms with Gasteiger partial charge in [-0.05, 0) is 74.0 Å². The minimum atomic E-state index is -5.00. The van der Waals surface area contributed by atoms with Crippen LogP contribution in [0.2, 0.25) is 0 Å². The van der Waals surface area contributed by atoms with Crippen molar-refractivity contribution in [2.45, 2.75) is 39.3 Å². The smallest absolute Gasteiger partial charge is 0.359 e. The molecule has 2 aliphatic heterocycles. The van der Waals surface area contributed by atoms with Crippen LogP contribution in [0, 0.1) is 0 Å². The number of hydrazone groups is 1. The van der Waals surface area contributed by atoms with E-state index in [9.17, 15) is 45.4 Å². The summed E-state index contributed by atoms with van der Waals surface area (Å²) in [5, 5.41) is 44.5. The lowest BCUT2D eigenvalue weighted by Gasteiger charge is -2.17. The molecule has 3 aromatic rings. The molecule has 2 aliphatic rings. The summed E-state index contributed by atoms with van der Waals surface area (Å²) < 4.78 is 89.2. The van der Waals surface area contributed by atoms with Gasteiger partial charge in [-0.15, -0.1) is 13.8 Å². The lowest BCUT2D eigenvalue weighted by atomic mass is 10.1. The van der Waals surface area contributed by atoms with E-state index in [0.717, 1.165) is 55.0 Å². The number of ether oxygens (including phenoxy) is 2. The third-order valence-corrected chi connectivity index (χ3v) is 10.9. The molecule has 0 unspecified atom stereocenters. The van der Waals surface area contributed by atoms with Crippen LogP contribution >= 0.6 is 24.1 Å². The molecule has 28 heteroatoms. The number of anilines is 1. The van der Waals surface area contributed by atoms with Crippen molar-refractivity contribution in [1.82, 2.24) is 14.7 Å². The van der Waals surface area contributed by atoms with E-state index < -0.39 is 70.8 Å². The van der Waals surface area contributed by atoms with Gasteiger partial charge in [0.2, 0.25) is 11.8 Å². The highest BCUT2D eigenvalue weighted by atomic mass is 32.2. The van der Waals surface area contributed by atoms with Crippen LogP contribution < -0.4 is 5.01 Å². The number of likely N-dealkylation sites (tertiary alicyclic amines) is 1. The van der Waals surface area contributed by atoms with Gasteiger partial charge in [-0.2, -0.15) is 31.6 Å². The molecule has 60 heavy (non-hydrogen) atoms. The normalized spacial score (nSPS) is 15.9. The van der Waals surface area contributed by atoms with Crippen LogP contribution in [-0.2, 0) is 58.0 Å². The first-order valence-corrected chi connectivity index (χ1v) is 20.8. The van der Waals surface area contributed by atoms with E-state index in [0.29, 0.717) is 40.2 Å². The Balaban J connectivity index is 1.66. The molecule has 1 fully saturated rings. The van der Waals surface area contributed by atoms with E-state index in [4.69, 9.17) is 20.0 Å². The standard InChI is InChI=1S/C32H30N6O18S4/c1-3-51-32(42)28-21(30(40)37(34-28)23-15-19(57-55-53-43)8-12-25(23)59(45,46)47)10-6-18(36-14-4-5-27(36)39)7-11-22-29(52-17-33-2)35-38(31(22)41)24-16-20(58-56-54-44)9-13-26(24)60(48,49)50/h6-13,15-17,40,43-44H,3-5,14H2,1-2H3,(H,45,46,47)(H,48,49,50)/b10-6?,18-7?,22-11-,33-17?. The maximum absolute atomic E-state index is 13.9. The second-order valence-electron chi connectivity index (χ2n) is 11.5. The minimum Gasteiger partial charge on any atom is -0.493 e. The number of allylic oxidation sites excluding steroid dienone is 3. The van der Waals surface area contributed by atoms with Crippen molar-refractivity contribution in [2.24, 2.45) is 10.1 Å². The molecule has 0 saturated carbocycles. The minimum absolute atomic E-state index is 0.0399. The predicted octanol–water partition coefficient (Wildman–Crippen LogP) is 3.59. The highest BCUT2D eigenvalue weighted by Gasteiger charge is 2.36. The van der Waals surface area contributed by atoms with E-state index in [1.54, 1.807) is 0 Å². The number of hydrogen-bond donors (Lipinski definition) is 5. The van der Waals surface area contributed by atoms with Gasteiger partial charge in [-0.25, -0.2) is 15.3 Å². The number of aliphatic imine (C=N–C) groups is 1. The summed E-state index contributed by atoms with van der Waals surface area (Å²) >= 11 is 0.804. The molecule has 0 spiro atoms. The summed E-state index contributed by atoms with van der Waals surface area (Å²) in [5.74, 6) is -3.76. The highest BCUT2D eigenvalue weighted by molar-refractivity contribution is 7.94. The lowest BCUT2D eigenvalue weighted by Crippen LogP contribution is -2.24. The van der Waals surface area contributed by atoms with Gasteiger partial charge < -0.3 is 19.5 Å². The van der Waals surface area contributed by atoms with Gasteiger partial charge in [0.25, 0.3) is 32.0 Å². The third-order valence-electron chi connectivity index (χ3n) is 7.90. The second-order valence-corrected chi connectivity index (χ2v) is 15.9. The molecule has 0 aliphatic carbocycles. The summed E-state index contributed by atoms with van der Waals surface area (Å²) in [7, 11) is -8.64. The number of nitrogens with zero attached hydrogens (tertiary/aromatic N) is 6. The van der Waals surface area contributed by atoms with Crippen molar-refractivity contribution in [3.63, 3.8) is 0 Å². The highest BCUT2D eigenvalue weighted by Crippen LogP contribution is 2.36. The molecule has 320 valence electrons. The zero-order valence-corrected chi connectivity index (χ0v) is 33.8. The molecular formula is C32H30N6O18S4. The number of hydrogen-bond acceptors (Lipinski definition) is 21. The summed E-state index contributed by atoms with van der Waals surface area (Å²) in [6, 6.07) is 6.28. The predicted molar refractivity (Wildman–Crippen MR) is 205 cm³/mol. The van der Waals surface area contributed by atoms with Crippen molar-refractivity contribution in [3.05, 3.63) is 77.2 Å². The molecule has 0 atom stereocenters. The van der Waals surface area contributed by atoms with E-state index in [1.807, 2.05) is 0 Å². The molecule has 2 aromatic carbocycles. The molecule has 24 nitrogen and oxygen atoms in total. The largest absolute Gasteiger partial charge is 0.493 e. The van der Waals surface area contributed by atoms with E-state index >= 15 is 0 Å². The number of esters is 1. The fourth-order valence-electron chi connectivity index (χ4n) is 5.45. The molecule has 5 N–H and O–H groups in total. The molecule has 3 heterocycles. The van der Waals surface area contributed by atoms with Gasteiger partial charge in [0, 0.05) is 35.5 Å². The number of aromatic hydroxyl groups is 1. The number of carbonyl (C=O) groups is 3. The van der Waals surface area contributed by atoms with Crippen LogP contribution in [0.3, 0.4) is 0 Å². The molecule has 1 aromatic heterocycles. The SMILES string of the molecule is CCOC(=O)c1nn(-c2cc(SOOO)ccc2S(=O)(=O)O)c(O)c1C=CC(=C/C=C1\C(=O)N(c2cc(SOOO)ccc2S(=O)(=O)O)N=C1OC=NC)N1CCCC1=O. The molecule has 0 radical (unpaired) electrons. The molecule has 5 rings (SSSR count). The van der Waals surface area contributed by atoms with Crippen LogP contribution in [-0.4, -0.2) is 107 Å². The van der Waals surface area contributed by atoms with Crippen molar-refractivity contribution < 1.29 is 84.2 Å². The first-order valence-electron chi connectivity index (χ1n) is 16.5. The van der Waals surface area contributed by atoms with Gasteiger partial charge in [-0.3, -0.25) is 23.7 Å². The first kappa shape index (κ1) is 45.6. The number of aromatic nitrogens is 2. The van der Waals surface area contributed by atoms with Gasteiger partial charge in [0.1, 0.15) is 15.4 Å². The van der Waals surface area contributed by atoms with E-state index in [1.165, 1.54) is 31.0 Å². The Bertz CT molecular complexity index is 2550. The van der Waals surface area contributed by atoms with Crippen LogP contribution in [0.4, 0.5) is 5.69 Å². The summed E-state index contributed by atoms with van der Waals surface area (Å²) in [6.07, 6.45) is 6.22. The molecule has 1 saturated heterocycles.